The lowest BCUT2D eigenvalue weighted by atomic mass is 10.2. The fourth-order valence-corrected chi connectivity index (χ4v) is 4.49. The molecule has 3 aromatic heterocycles. The van der Waals surface area contributed by atoms with E-state index in [1.165, 1.54) is 40.6 Å². The van der Waals surface area contributed by atoms with Gasteiger partial charge in [0.25, 0.3) is 5.91 Å². The number of primary amides is 1. The van der Waals surface area contributed by atoms with Gasteiger partial charge in [0, 0.05) is 35.5 Å². The molecule has 4 N–H and O–H groups in total. The first-order valence-electron chi connectivity index (χ1n) is 9.65. The summed E-state index contributed by atoms with van der Waals surface area (Å²) in [7, 11) is 0. The summed E-state index contributed by atoms with van der Waals surface area (Å²) in [5, 5.41) is 7.15. The van der Waals surface area contributed by atoms with E-state index in [4.69, 9.17) is 5.73 Å². The number of benzene rings is 1. The molecule has 1 aromatic carbocycles. The summed E-state index contributed by atoms with van der Waals surface area (Å²) in [6.45, 7) is 1.47. The SMILES string of the molecule is CC(=O)N(c1ccccc1)c1nc(/C=C/C(=O)Nc2nc(-c3c[nH]c(C(N)=O)c3)cs2)cs1. The molecule has 33 heavy (non-hydrogen) atoms. The Balaban J connectivity index is 1.41. The van der Waals surface area contributed by atoms with Crippen molar-refractivity contribution in [2.75, 3.05) is 10.2 Å². The summed E-state index contributed by atoms with van der Waals surface area (Å²) in [5.74, 6) is -1.09. The van der Waals surface area contributed by atoms with Crippen LogP contribution >= 0.6 is 22.7 Å². The van der Waals surface area contributed by atoms with Gasteiger partial charge < -0.3 is 10.7 Å². The van der Waals surface area contributed by atoms with Crippen LogP contribution in [0.25, 0.3) is 17.3 Å². The highest BCUT2D eigenvalue weighted by Crippen LogP contribution is 2.29. The minimum absolute atomic E-state index is 0.159. The van der Waals surface area contributed by atoms with Crippen LogP contribution in [0.15, 0.2) is 59.4 Å². The van der Waals surface area contributed by atoms with Crippen LogP contribution in [-0.4, -0.2) is 32.7 Å². The molecule has 11 heteroatoms. The molecule has 0 saturated heterocycles. The highest BCUT2D eigenvalue weighted by Gasteiger charge is 2.17. The van der Waals surface area contributed by atoms with E-state index in [9.17, 15) is 14.4 Å². The molecule has 0 aliphatic heterocycles. The van der Waals surface area contributed by atoms with Crippen molar-refractivity contribution in [1.29, 1.82) is 0 Å². The minimum Gasteiger partial charge on any atom is -0.364 e. The number of hydrogen-bond acceptors (Lipinski definition) is 7. The zero-order valence-electron chi connectivity index (χ0n) is 17.3. The largest absolute Gasteiger partial charge is 0.364 e. The maximum Gasteiger partial charge on any atom is 0.265 e. The maximum absolute atomic E-state index is 12.3. The van der Waals surface area contributed by atoms with Gasteiger partial charge in [0.05, 0.1) is 17.1 Å². The summed E-state index contributed by atoms with van der Waals surface area (Å²) in [5.41, 5.74) is 8.10. The van der Waals surface area contributed by atoms with Crippen molar-refractivity contribution in [3.8, 4) is 11.3 Å². The Hall–Kier alpha value is -4.09. The molecule has 0 radical (unpaired) electrons. The number of anilines is 3. The van der Waals surface area contributed by atoms with Gasteiger partial charge in [-0.1, -0.05) is 18.2 Å². The van der Waals surface area contributed by atoms with Crippen LogP contribution in [0.4, 0.5) is 16.0 Å². The molecule has 9 nitrogen and oxygen atoms in total. The zero-order valence-corrected chi connectivity index (χ0v) is 18.9. The van der Waals surface area contributed by atoms with E-state index in [0.29, 0.717) is 27.2 Å². The number of rotatable bonds is 7. The topological polar surface area (TPSA) is 134 Å². The van der Waals surface area contributed by atoms with Gasteiger partial charge in [-0.3, -0.25) is 24.6 Å². The van der Waals surface area contributed by atoms with Gasteiger partial charge in [0.2, 0.25) is 11.8 Å². The summed E-state index contributed by atoms with van der Waals surface area (Å²) in [6.07, 6.45) is 4.54. The van der Waals surface area contributed by atoms with E-state index < -0.39 is 5.91 Å². The van der Waals surface area contributed by atoms with Crippen molar-refractivity contribution in [3.05, 3.63) is 70.8 Å². The first kappa shape index (κ1) is 22.1. The average molecular weight is 479 g/mol. The van der Waals surface area contributed by atoms with Crippen LogP contribution in [0, 0.1) is 0 Å². The molecular weight excluding hydrogens is 460 g/mol. The van der Waals surface area contributed by atoms with Crippen molar-refractivity contribution >= 4 is 62.4 Å². The predicted octanol–water partition coefficient (Wildman–Crippen LogP) is 4.03. The molecule has 0 unspecified atom stereocenters. The summed E-state index contributed by atoms with van der Waals surface area (Å²) < 4.78 is 0. The van der Waals surface area contributed by atoms with Gasteiger partial charge in [-0.15, -0.1) is 22.7 Å². The van der Waals surface area contributed by atoms with Crippen molar-refractivity contribution in [2.24, 2.45) is 5.73 Å². The van der Waals surface area contributed by atoms with Crippen molar-refractivity contribution in [3.63, 3.8) is 0 Å². The molecule has 166 valence electrons. The Morgan fingerprint density at radius 3 is 2.61 bits per heavy atom. The van der Waals surface area contributed by atoms with Gasteiger partial charge in [-0.2, -0.15) is 0 Å². The Labute approximate surface area is 196 Å². The van der Waals surface area contributed by atoms with Crippen molar-refractivity contribution < 1.29 is 14.4 Å². The zero-order chi connectivity index (χ0) is 23.4. The standard InChI is InChI=1S/C22H18N6O3S2/c1-13(29)28(16-5-3-2-4-6-16)22-25-15(11-33-22)7-8-19(30)27-21-26-18(12-32-21)14-9-17(20(23)31)24-10-14/h2-12,24H,1H3,(H2,23,31)(H,26,27,30)/b8-7+. The number of nitrogens with two attached hydrogens (primary N) is 1. The third-order valence-corrected chi connectivity index (χ3v) is 6.02. The lowest BCUT2D eigenvalue weighted by Crippen LogP contribution is -2.22. The van der Waals surface area contributed by atoms with E-state index in [1.54, 1.807) is 29.1 Å². The smallest absolute Gasteiger partial charge is 0.265 e. The fourth-order valence-electron chi connectivity index (χ4n) is 2.92. The number of nitrogens with one attached hydrogen (secondary N) is 2. The molecule has 4 rings (SSSR count). The number of hydrogen-bond donors (Lipinski definition) is 3. The molecule has 0 saturated carbocycles. The highest BCUT2D eigenvalue weighted by atomic mass is 32.1. The van der Waals surface area contributed by atoms with E-state index in [-0.39, 0.29) is 17.5 Å². The molecule has 3 amide bonds. The van der Waals surface area contributed by atoms with Crippen molar-refractivity contribution in [2.45, 2.75) is 6.92 Å². The molecule has 0 atom stereocenters. The second kappa shape index (κ2) is 9.59. The van der Waals surface area contributed by atoms with Gasteiger partial charge in [0.15, 0.2) is 10.3 Å². The van der Waals surface area contributed by atoms with Crippen LogP contribution in [-0.2, 0) is 9.59 Å². The van der Waals surface area contributed by atoms with Gasteiger partial charge >= 0.3 is 0 Å². The quantitative estimate of drug-likeness (QED) is 0.345. The van der Waals surface area contributed by atoms with Gasteiger partial charge in [-0.25, -0.2) is 9.97 Å². The van der Waals surface area contributed by atoms with Crippen LogP contribution in [0.3, 0.4) is 0 Å². The maximum atomic E-state index is 12.3. The molecule has 0 aliphatic carbocycles. The average Bonchev–Trinajstić information content (AvgIpc) is 3.54. The van der Waals surface area contributed by atoms with E-state index >= 15 is 0 Å². The summed E-state index contributed by atoms with van der Waals surface area (Å²) in [6, 6.07) is 10.8. The number of nitrogens with zero attached hydrogens (tertiary/aromatic N) is 3. The number of amides is 3. The Morgan fingerprint density at radius 2 is 1.91 bits per heavy atom. The molecule has 0 fully saturated rings. The van der Waals surface area contributed by atoms with Crippen LogP contribution in [0.2, 0.25) is 0 Å². The molecule has 4 aromatic rings. The Morgan fingerprint density at radius 1 is 1.12 bits per heavy atom. The first-order chi connectivity index (χ1) is 15.9. The Kier molecular flexibility index (Phi) is 6.43. The second-order valence-electron chi connectivity index (χ2n) is 6.77. The normalized spacial score (nSPS) is 10.9. The summed E-state index contributed by atoms with van der Waals surface area (Å²) >= 11 is 2.56. The predicted molar refractivity (Wildman–Crippen MR) is 129 cm³/mol. The number of carbonyl (C=O) groups is 3. The van der Waals surface area contributed by atoms with Crippen LogP contribution in [0.1, 0.15) is 23.1 Å². The van der Waals surface area contributed by atoms with Crippen molar-refractivity contribution in [1.82, 2.24) is 15.0 Å². The minimum atomic E-state index is -0.560. The monoisotopic (exact) mass is 478 g/mol. The number of H-pyrrole nitrogens is 1. The highest BCUT2D eigenvalue weighted by molar-refractivity contribution is 7.14. The van der Waals surface area contributed by atoms with Crippen LogP contribution in [0.5, 0.6) is 0 Å². The second-order valence-corrected chi connectivity index (χ2v) is 8.47. The van der Waals surface area contributed by atoms with E-state index in [0.717, 1.165) is 5.69 Å². The fraction of sp³-hybridized carbons (Fsp3) is 0.0455. The van der Waals surface area contributed by atoms with Gasteiger partial charge in [0.1, 0.15) is 5.69 Å². The molecule has 3 heterocycles. The first-order valence-corrected chi connectivity index (χ1v) is 11.4. The third-order valence-electron chi connectivity index (χ3n) is 4.41. The molecular formula is C22H18N6O3S2. The van der Waals surface area contributed by atoms with Crippen LogP contribution < -0.4 is 16.0 Å². The number of thiazole rings is 2. The molecule has 0 aliphatic rings. The lowest BCUT2D eigenvalue weighted by Gasteiger charge is -2.17. The lowest BCUT2D eigenvalue weighted by molar-refractivity contribution is -0.116. The Bertz CT molecular complexity index is 1340. The molecule has 0 bridgehead atoms. The van der Waals surface area contributed by atoms with Gasteiger partial charge in [-0.05, 0) is 24.3 Å². The van der Waals surface area contributed by atoms with E-state index in [1.807, 2.05) is 30.3 Å². The third kappa shape index (κ3) is 5.22. The number of para-hydroxylation sites is 1. The molecule has 0 spiro atoms. The number of aromatic amines is 1. The summed E-state index contributed by atoms with van der Waals surface area (Å²) in [4.78, 5) is 48.8. The number of aromatic nitrogens is 3. The number of carbonyl (C=O) groups excluding carboxylic acids is 3. The van der Waals surface area contributed by atoms with E-state index in [2.05, 4.69) is 20.3 Å².